The number of nitrogens with zero attached hydrogens (tertiary/aromatic N) is 3. The zero-order valence-corrected chi connectivity index (χ0v) is 10.9. The molecule has 1 fully saturated rings. The van der Waals surface area contributed by atoms with Crippen molar-refractivity contribution in [3.63, 3.8) is 0 Å². The summed E-state index contributed by atoms with van der Waals surface area (Å²) in [5, 5.41) is 4.86. The average Bonchev–Trinajstić information content (AvgIpc) is 2.62. The van der Waals surface area contributed by atoms with Crippen LogP contribution in [0, 0.1) is 6.92 Å². The largest absolute Gasteiger partial charge is 0.297 e. The zero-order valence-electron chi connectivity index (χ0n) is 10.1. The fourth-order valence-electron chi connectivity index (χ4n) is 2.29. The van der Waals surface area contributed by atoms with Gasteiger partial charge in [-0.1, -0.05) is 0 Å². The van der Waals surface area contributed by atoms with Crippen molar-refractivity contribution in [2.24, 2.45) is 0 Å². The summed E-state index contributed by atoms with van der Waals surface area (Å²) in [4.78, 5) is 2.47. The third-order valence-electron chi connectivity index (χ3n) is 3.19. The van der Waals surface area contributed by atoms with E-state index in [4.69, 9.17) is 11.6 Å². The van der Waals surface area contributed by atoms with Crippen molar-refractivity contribution in [2.45, 2.75) is 45.2 Å². The van der Waals surface area contributed by atoms with Gasteiger partial charge in [-0.3, -0.25) is 9.58 Å². The lowest BCUT2D eigenvalue weighted by Gasteiger charge is -2.29. The Hall–Kier alpha value is -0.540. The van der Waals surface area contributed by atoms with Gasteiger partial charge in [0.05, 0.1) is 11.4 Å². The zero-order chi connectivity index (χ0) is 11.5. The minimum absolute atomic E-state index is 0.383. The van der Waals surface area contributed by atoms with E-state index in [-0.39, 0.29) is 0 Å². The lowest BCUT2D eigenvalue weighted by atomic mass is 10.1. The second kappa shape index (κ2) is 5.19. The molecule has 1 aliphatic heterocycles. The van der Waals surface area contributed by atoms with E-state index >= 15 is 0 Å². The van der Waals surface area contributed by atoms with Crippen molar-refractivity contribution in [2.75, 3.05) is 13.1 Å². The predicted molar refractivity (Wildman–Crippen MR) is 66.8 cm³/mol. The lowest BCUT2D eigenvalue weighted by Crippen LogP contribution is -2.34. The van der Waals surface area contributed by atoms with Gasteiger partial charge in [-0.2, -0.15) is 5.10 Å². The summed E-state index contributed by atoms with van der Waals surface area (Å²) in [6.45, 7) is 8.39. The first kappa shape index (κ1) is 11.9. The van der Waals surface area contributed by atoms with Crippen molar-refractivity contribution in [3.05, 3.63) is 17.5 Å². The van der Waals surface area contributed by atoms with Gasteiger partial charge < -0.3 is 0 Å². The van der Waals surface area contributed by atoms with E-state index in [9.17, 15) is 0 Å². The molecule has 90 valence electrons. The maximum atomic E-state index is 6.10. The Bertz CT molecular complexity index is 340. The summed E-state index contributed by atoms with van der Waals surface area (Å²) in [7, 11) is 0. The Morgan fingerprint density at radius 3 is 2.75 bits per heavy atom. The Labute approximate surface area is 102 Å². The van der Waals surface area contributed by atoms with Crippen LogP contribution in [0.5, 0.6) is 0 Å². The quantitative estimate of drug-likeness (QED) is 0.758. The fourth-order valence-corrected chi connectivity index (χ4v) is 2.48. The number of piperidine rings is 1. The standard InChI is InChI=1S/C12H20ClN3/c1-3-16-12(8-10(2)14-16)9-15-6-4-11(13)5-7-15/h8,11H,3-7,9H2,1-2H3. The Morgan fingerprint density at radius 2 is 2.12 bits per heavy atom. The van der Waals surface area contributed by atoms with Gasteiger partial charge in [-0.05, 0) is 45.8 Å². The molecule has 0 saturated carbocycles. The van der Waals surface area contributed by atoms with Gasteiger partial charge >= 0.3 is 0 Å². The average molecular weight is 242 g/mol. The molecule has 1 saturated heterocycles. The first-order valence-corrected chi connectivity index (χ1v) is 6.52. The summed E-state index contributed by atoms with van der Waals surface area (Å²) in [6.07, 6.45) is 2.22. The molecule has 2 heterocycles. The highest BCUT2D eigenvalue weighted by atomic mass is 35.5. The van der Waals surface area contributed by atoms with Crippen LogP contribution in [0.15, 0.2) is 6.07 Å². The van der Waals surface area contributed by atoms with Gasteiger partial charge in [0, 0.05) is 18.5 Å². The number of hydrogen-bond donors (Lipinski definition) is 0. The SMILES string of the molecule is CCn1nc(C)cc1CN1CCC(Cl)CC1. The molecule has 0 unspecified atom stereocenters. The number of aromatic nitrogens is 2. The molecular formula is C12H20ClN3. The third kappa shape index (κ3) is 2.77. The van der Waals surface area contributed by atoms with Crippen LogP contribution in [0.3, 0.4) is 0 Å². The van der Waals surface area contributed by atoms with Crippen LogP contribution in [0.1, 0.15) is 31.2 Å². The van der Waals surface area contributed by atoms with Gasteiger partial charge in [-0.15, -0.1) is 11.6 Å². The van der Waals surface area contributed by atoms with Crippen LogP contribution >= 0.6 is 11.6 Å². The number of aryl methyl sites for hydroxylation is 2. The fraction of sp³-hybridized carbons (Fsp3) is 0.750. The first-order chi connectivity index (χ1) is 7.69. The molecule has 16 heavy (non-hydrogen) atoms. The number of alkyl halides is 1. The summed E-state index contributed by atoms with van der Waals surface area (Å²) in [6, 6.07) is 2.19. The monoisotopic (exact) mass is 241 g/mol. The van der Waals surface area contributed by atoms with Crippen molar-refractivity contribution >= 4 is 11.6 Å². The van der Waals surface area contributed by atoms with E-state index in [1.807, 2.05) is 0 Å². The highest BCUT2D eigenvalue weighted by molar-refractivity contribution is 6.20. The van der Waals surface area contributed by atoms with Gasteiger partial charge in [0.1, 0.15) is 0 Å². The summed E-state index contributed by atoms with van der Waals surface area (Å²) >= 11 is 6.10. The molecule has 1 aromatic heterocycles. The second-order valence-corrected chi connectivity index (χ2v) is 5.16. The topological polar surface area (TPSA) is 21.1 Å². The summed E-state index contributed by atoms with van der Waals surface area (Å²) in [5.41, 5.74) is 2.44. The molecule has 3 nitrogen and oxygen atoms in total. The maximum Gasteiger partial charge on any atom is 0.0597 e. The molecule has 0 bridgehead atoms. The van der Waals surface area contributed by atoms with E-state index in [1.165, 1.54) is 5.69 Å². The van der Waals surface area contributed by atoms with Crippen molar-refractivity contribution in [1.82, 2.24) is 14.7 Å². The Kier molecular flexibility index (Phi) is 3.87. The minimum Gasteiger partial charge on any atom is -0.297 e. The van der Waals surface area contributed by atoms with Crippen molar-refractivity contribution < 1.29 is 0 Å². The Balaban J connectivity index is 1.97. The van der Waals surface area contributed by atoms with E-state index in [1.54, 1.807) is 0 Å². The molecule has 1 aliphatic rings. The number of rotatable bonds is 3. The summed E-state index contributed by atoms with van der Waals surface area (Å²) in [5.74, 6) is 0. The summed E-state index contributed by atoms with van der Waals surface area (Å²) < 4.78 is 2.10. The van der Waals surface area contributed by atoms with E-state index in [2.05, 4.69) is 34.6 Å². The predicted octanol–water partition coefficient (Wildman–Crippen LogP) is 2.41. The van der Waals surface area contributed by atoms with Crippen LogP contribution in [0.4, 0.5) is 0 Å². The van der Waals surface area contributed by atoms with Crippen molar-refractivity contribution in [3.8, 4) is 0 Å². The van der Waals surface area contributed by atoms with Crippen LogP contribution < -0.4 is 0 Å². The Morgan fingerprint density at radius 1 is 1.44 bits per heavy atom. The molecule has 0 amide bonds. The van der Waals surface area contributed by atoms with Crippen LogP contribution in [0.25, 0.3) is 0 Å². The highest BCUT2D eigenvalue weighted by Crippen LogP contribution is 2.18. The smallest absolute Gasteiger partial charge is 0.0597 e. The number of hydrogen-bond acceptors (Lipinski definition) is 2. The molecule has 4 heteroatoms. The molecule has 0 aromatic carbocycles. The molecule has 1 aromatic rings. The lowest BCUT2D eigenvalue weighted by molar-refractivity contribution is 0.217. The third-order valence-corrected chi connectivity index (χ3v) is 3.62. The second-order valence-electron chi connectivity index (χ2n) is 4.54. The number of likely N-dealkylation sites (tertiary alicyclic amines) is 1. The highest BCUT2D eigenvalue weighted by Gasteiger charge is 2.18. The van der Waals surface area contributed by atoms with E-state index in [0.717, 1.165) is 44.7 Å². The normalized spacial score (nSPS) is 19.2. The molecule has 0 atom stereocenters. The van der Waals surface area contributed by atoms with Gasteiger partial charge in [-0.25, -0.2) is 0 Å². The van der Waals surface area contributed by atoms with E-state index < -0.39 is 0 Å². The van der Waals surface area contributed by atoms with Crippen LogP contribution in [-0.4, -0.2) is 33.1 Å². The van der Waals surface area contributed by atoms with Crippen LogP contribution in [0.2, 0.25) is 0 Å². The molecule has 0 spiro atoms. The molecular weight excluding hydrogens is 222 g/mol. The number of halogens is 1. The van der Waals surface area contributed by atoms with Gasteiger partial charge in [0.15, 0.2) is 0 Å². The molecule has 0 radical (unpaired) electrons. The van der Waals surface area contributed by atoms with Crippen LogP contribution in [-0.2, 0) is 13.1 Å². The molecule has 0 aliphatic carbocycles. The molecule has 0 N–H and O–H groups in total. The minimum atomic E-state index is 0.383. The molecule has 2 rings (SSSR count). The van der Waals surface area contributed by atoms with Gasteiger partial charge in [0.2, 0.25) is 0 Å². The van der Waals surface area contributed by atoms with E-state index in [0.29, 0.717) is 5.38 Å². The van der Waals surface area contributed by atoms with Crippen molar-refractivity contribution in [1.29, 1.82) is 0 Å². The van der Waals surface area contributed by atoms with Gasteiger partial charge in [0.25, 0.3) is 0 Å². The first-order valence-electron chi connectivity index (χ1n) is 6.08. The maximum absolute atomic E-state index is 6.10.